The molecule has 4 aromatic rings. The first kappa shape index (κ1) is 17.8. The average molecular weight is 399 g/mol. The number of nitrogens with one attached hydrogen (secondary N) is 1. The van der Waals surface area contributed by atoms with E-state index in [1.165, 1.54) is 7.11 Å². The van der Waals surface area contributed by atoms with Gasteiger partial charge in [-0.3, -0.25) is 4.40 Å². The number of methoxy groups -OCH3 is 1. The number of alkyl halides is 2. The van der Waals surface area contributed by atoms with Crippen LogP contribution in [0.4, 0.5) is 14.7 Å². The normalized spacial score (nSPS) is 18.9. The topological polar surface area (TPSA) is 81.6 Å². The van der Waals surface area contributed by atoms with Gasteiger partial charge in [0.05, 0.1) is 13.2 Å². The molecule has 29 heavy (non-hydrogen) atoms. The molecule has 5 rings (SSSR count). The Morgan fingerprint density at radius 3 is 2.97 bits per heavy atom. The Morgan fingerprint density at radius 2 is 2.14 bits per heavy atom. The summed E-state index contributed by atoms with van der Waals surface area (Å²) in [6.07, 6.45) is 10.4. The summed E-state index contributed by atoms with van der Waals surface area (Å²) in [6, 6.07) is 0.881. The fraction of sp³-hybridized carbons (Fsp3) is 0.368. The van der Waals surface area contributed by atoms with Crippen molar-refractivity contribution in [1.82, 2.24) is 29.0 Å². The van der Waals surface area contributed by atoms with Gasteiger partial charge in [0.25, 0.3) is 5.92 Å². The van der Waals surface area contributed by atoms with Gasteiger partial charge in [-0.1, -0.05) is 6.42 Å². The molecule has 0 saturated heterocycles. The van der Waals surface area contributed by atoms with Gasteiger partial charge in [-0.05, 0) is 18.9 Å². The first-order valence-electron chi connectivity index (χ1n) is 9.42. The maximum Gasteiger partial charge on any atom is 0.267 e. The van der Waals surface area contributed by atoms with Crippen molar-refractivity contribution in [1.29, 1.82) is 0 Å². The van der Waals surface area contributed by atoms with E-state index in [0.717, 1.165) is 17.5 Å². The van der Waals surface area contributed by atoms with Gasteiger partial charge in [0, 0.05) is 48.5 Å². The highest BCUT2D eigenvalue weighted by molar-refractivity contribution is 5.84. The summed E-state index contributed by atoms with van der Waals surface area (Å²) in [4.78, 5) is 12.8. The Labute approximate surface area is 164 Å². The Bertz CT molecular complexity index is 1190. The van der Waals surface area contributed by atoms with Crippen LogP contribution in [-0.4, -0.2) is 48.0 Å². The second-order valence-electron chi connectivity index (χ2n) is 7.15. The first-order chi connectivity index (χ1) is 14.0. The highest BCUT2D eigenvalue weighted by Crippen LogP contribution is 2.36. The fourth-order valence-corrected chi connectivity index (χ4v) is 3.81. The van der Waals surface area contributed by atoms with Gasteiger partial charge in [0.1, 0.15) is 5.52 Å². The molecular formula is C19H19F2N7O. The molecule has 1 fully saturated rings. The van der Waals surface area contributed by atoms with Gasteiger partial charge < -0.3 is 10.1 Å². The highest BCUT2D eigenvalue weighted by Gasteiger charge is 2.42. The molecule has 0 unspecified atom stereocenters. The van der Waals surface area contributed by atoms with E-state index in [2.05, 4.69) is 25.4 Å². The van der Waals surface area contributed by atoms with E-state index in [9.17, 15) is 8.78 Å². The number of rotatable bonds is 4. The second kappa shape index (κ2) is 6.64. The highest BCUT2D eigenvalue weighted by atomic mass is 19.3. The molecule has 10 heteroatoms. The first-order valence-corrected chi connectivity index (χ1v) is 9.42. The van der Waals surface area contributed by atoms with Crippen molar-refractivity contribution in [2.75, 3.05) is 12.4 Å². The summed E-state index contributed by atoms with van der Waals surface area (Å²) in [5.41, 5.74) is 2.29. The van der Waals surface area contributed by atoms with Crippen LogP contribution >= 0.6 is 0 Å². The standard InChI is InChI=1S/C19H19F2N7O/c1-29-16-15-13(12-10-23-18-22-7-9-27(18)11-12)5-8-28(15)26-17(25-16)24-14-4-2-3-6-19(14,20)21/h5,7-11,14H,2-4,6H2,1H3,(H,24,26)/t14-/m1/s1. The number of nitrogens with zero attached hydrogens (tertiary/aromatic N) is 6. The minimum Gasteiger partial charge on any atom is -0.479 e. The number of imidazole rings is 1. The lowest BCUT2D eigenvalue weighted by molar-refractivity contribution is -0.0451. The van der Waals surface area contributed by atoms with Gasteiger partial charge in [0.2, 0.25) is 17.6 Å². The Morgan fingerprint density at radius 1 is 1.24 bits per heavy atom. The molecule has 4 heterocycles. The molecule has 1 aliphatic rings. The molecule has 0 radical (unpaired) electrons. The molecular weight excluding hydrogens is 380 g/mol. The molecule has 0 bridgehead atoms. The number of ether oxygens (including phenoxy) is 1. The molecule has 1 atom stereocenters. The lowest BCUT2D eigenvalue weighted by Gasteiger charge is -2.31. The van der Waals surface area contributed by atoms with Crippen molar-refractivity contribution in [2.24, 2.45) is 0 Å². The molecule has 0 spiro atoms. The van der Waals surface area contributed by atoms with E-state index in [4.69, 9.17) is 4.74 Å². The lowest BCUT2D eigenvalue weighted by Crippen LogP contribution is -2.42. The third-order valence-electron chi connectivity index (χ3n) is 5.29. The summed E-state index contributed by atoms with van der Waals surface area (Å²) >= 11 is 0. The van der Waals surface area contributed by atoms with Crippen molar-refractivity contribution in [3.8, 4) is 17.0 Å². The van der Waals surface area contributed by atoms with E-state index in [1.807, 2.05) is 22.9 Å². The Balaban J connectivity index is 1.55. The number of halogens is 2. The number of aromatic nitrogens is 6. The molecule has 1 aliphatic carbocycles. The van der Waals surface area contributed by atoms with Gasteiger partial charge in [-0.2, -0.15) is 4.98 Å². The van der Waals surface area contributed by atoms with Crippen LogP contribution in [0.15, 0.2) is 37.1 Å². The van der Waals surface area contributed by atoms with Crippen LogP contribution < -0.4 is 10.1 Å². The zero-order valence-corrected chi connectivity index (χ0v) is 15.7. The van der Waals surface area contributed by atoms with Gasteiger partial charge >= 0.3 is 0 Å². The van der Waals surface area contributed by atoms with Gasteiger partial charge in [-0.25, -0.2) is 23.3 Å². The summed E-state index contributed by atoms with van der Waals surface area (Å²) in [6.45, 7) is 0. The summed E-state index contributed by atoms with van der Waals surface area (Å²) < 4.78 is 37.3. The van der Waals surface area contributed by atoms with Crippen LogP contribution in [0.3, 0.4) is 0 Å². The van der Waals surface area contributed by atoms with Crippen molar-refractivity contribution in [3.63, 3.8) is 0 Å². The van der Waals surface area contributed by atoms with Crippen LogP contribution in [0.5, 0.6) is 5.88 Å². The van der Waals surface area contributed by atoms with Crippen LogP contribution in [0.1, 0.15) is 25.7 Å². The van der Waals surface area contributed by atoms with Crippen LogP contribution in [0.2, 0.25) is 0 Å². The van der Waals surface area contributed by atoms with Crippen LogP contribution in [0.25, 0.3) is 22.4 Å². The zero-order chi connectivity index (χ0) is 20.0. The number of anilines is 1. The molecule has 0 aliphatic heterocycles. The third-order valence-corrected chi connectivity index (χ3v) is 5.29. The molecule has 0 amide bonds. The van der Waals surface area contributed by atoms with E-state index in [1.54, 1.807) is 23.1 Å². The predicted molar refractivity (Wildman–Crippen MR) is 102 cm³/mol. The number of hydrogen-bond acceptors (Lipinski definition) is 6. The fourth-order valence-electron chi connectivity index (χ4n) is 3.81. The summed E-state index contributed by atoms with van der Waals surface area (Å²) in [5.74, 6) is -1.77. The molecule has 1 saturated carbocycles. The third kappa shape index (κ3) is 3.04. The quantitative estimate of drug-likeness (QED) is 0.566. The van der Waals surface area contributed by atoms with Crippen LogP contribution in [0, 0.1) is 0 Å². The number of fused-ring (bicyclic) bond motifs is 2. The van der Waals surface area contributed by atoms with Crippen molar-refractivity contribution in [3.05, 3.63) is 37.1 Å². The second-order valence-corrected chi connectivity index (χ2v) is 7.15. The van der Waals surface area contributed by atoms with Gasteiger partial charge in [-0.15, -0.1) is 5.10 Å². The maximum absolute atomic E-state index is 14.2. The Hall–Kier alpha value is -3.30. The average Bonchev–Trinajstić information content (AvgIpc) is 3.35. The minimum absolute atomic E-state index is 0.117. The molecule has 150 valence electrons. The largest absolute Gasteiger partial charge is 0.479 e. The van der Waals surface area contributed by atoms with Crippen molar-refractivity contribution >= 4 is 17.2 Å². The Kier molecular flexibility index (Phi) is 4.07. The van der Waals surface area contributed by atoms with E-state index < -0.39 is 12.0 Å². The summed E-state index contributed by atoms with van der Waals surface area (Å²) in [5, 5.41) is 7.19. The molecule has 4 aromatic heterocycles. The molecule has 0 aromatic carbocycles. The molecule has 1 N–H and O–H groups in total. The minimum atomic E-state index is -2.78. The van der Waals surface area contributed by atoms with E-state index in [-0.39, 0.29) is 12.4 Å². The monoisotopic (exact) mass is 399 g/mol. The smallest absolute Gasteiger partial charge is 0.267 e. The van der Waals surface area contributed by atoms with Crippen LogP contribution in [-0.2, 0) is 0 Å². The van der Waals surface area contributed by atoms with Crippen molar-refractivity contribution < 1.29 is 13.5 Å². The molecule has 8 nitrogen and oxygen atoms in total. The van der Waals surface area contributed by atoms with E-state index in [0.29, 0.717) is 30.0 Å². The lowest BCUT2D eigenvalue weighted by atomic mass is 9.92. The van der Waals surface area contributed by atoms with E-state index >= 15 is 0 Å². The SMILES string of the molecule is COc1nc(N[C@@H]2CCCCC2(F)F)nn2ccc(-c3cnc4nccn4c3)c12. The summed E-state index contributed by atoms with van der Waals surface area (Å²) in [7, 11) is 1.50. The predicted octanol–water partition coefficient (Wildman–Crippen LogP) is 3.44. The zero-order valence-electron chi connectivity index (χ0n) is 15.7. The number of hydrogen-bond donors (Lipinski definition) is 1. The van der Waals surface area contributed by atoms with Crippen molar-refractivity contribution in [2.45, 2.75) is 37.6 Å². The maximum atomic E-state index is 14.2. The van der Waals surface area contributed by atoms with Gasteiger partial charge in [0.15, 0.2) is 0 Å².